The fourth-order valence-electron chi connectivity index (χ4n) is 11.9. The minimum Gasteiger partial charge on any atom is -0.490 e. The number of nitrogens with zero attached hydrogens (tertiary/aromatic N) is 2. The van der Waals surface area contributed by atoms with Crippen LogP contribution in [0, 0.1) is 35.0 Å². The molecule has 1 saturated heterocycles. The molecule has 53 heavy (non-hydrogen) atoms. The Hall–Kier alpha value is -2.51. The summed E-state index contributed by atoms with van der Waals surface area (Å²) in [5.74, 6) is 3.88. The molecule has 0 radical (unpaired) electrons. The third-order valence-corrected chi connectivity index (χ3v) is 14.8. The van der Waals surface area contributed by atoms with Crippen molar-refractivity contribution in [3.05, 3.63) is 47.4 Å². The highest BCUT2D eigenvalue weighted by Gasteiger charge is 2.54. The summed E-state index contributed by atoms with van der Waals surface area (Å²) in [5, 5.41) is 45.2. The van der Waals surface area contributed by atoms with Crippen molar-refractivity contribution in [2.75, 3.05) is 11.9 Å². The summed E-state index contributed by atoms with van der Waals surface area (Å²) < 4.78 is 52.8. The van der Waals surface area contributed by atoms with Crippen LogP contribution >= 0.6 is 0 Å². The van der Waals surface area contributed by atoms with Crippen LogP contribution in [0.2, 0.25) is 0 Å². The van der Waals surface area contributed by atoms with E-state index in [2.05, 4.69) is 40.4 Å². The zero-order chi connectivity index (χ0) is 37.1. The first-order chi connectivity index (χ1) is 25.4. The molecule has 0 spiro atoms. The Bertz CT molecular complexity index is 1580. The van der Waals surface area contributed by atoms with E-state index in [1.165, 1.54) is 24.0 Å². The Labute approximate surface area is 310 Å². The van der Waals surface area contributed by atoms with Crippen molar-refractivity contribution < 1.29 is 43.1 Å². The number of ether oxygens (including phenoxy) is 2. The lowest BCUT2D eigenvalue weighted by molar-refractivity contribution is -0.200. The van der Waals surface area contributed by atoms with Crippen LogP contribution in [0.25, 0.3) is 0 Å². The van der Waals surface area contributed by atoms with E-state index in [1.54, 1.807) is 0 Å². The van der Waals surface area contributed by atoms with Gasteiger partial charge >= 0.3 is 6.18 Å². The number of fused-ring (bicyclic) bond motifs is 5. The van der Waals surface area contributed by atoms with Crippen LogP contribution in [0.5, 0.6) is 5.75 Å². The van der Waals surface area contributed by atoms with E-state index < -0.39 is 48.9 Å². The highest BCUT2D eigenvalue weighted by Crippen LogP contribution is 2.61. The van der Waals surface area contributed by atoms with Gasteiger partial charge in [-0.15, -0.1) is 0 Å². The van der Waals surface area contributed by atoms with Gasteiger partial charge in [0.25, 0.3) is 0 Å². The van der Waals surface area contributed by atoms with Gasteiger partial charge in [-0.05, 0) is 154 Å². The van der Waals surface area contributed by atoms with E-state index in [0.717, 1.165) is 89.0 Å². The number of halogens is 3. The maximum absolute atomic E-state index is 13.3. The first kappa shape index (κ1) is 37.4. The predicted octanol–water partition coefficient (Wildman–Crippen LogP) is 6.42. The van der Waals surface area contributed by atoms with Gasteiger partial charge in [-0.3, -0.25) is 4.98 Å². The monoisotopic (exact) mass is 743 g/mol. The Morgan fingerprint density at radius 2 is 1.60 bits per heavy atom. The highest BCUT2D eigenvalue weighted by atomic mass is 19.4. The lowest BCUT2D eigenvalue weighted by atomic mass is 9.55. The van der Waals surface area contributed by atoms with Crippen LogP contribution in [0.15, 0.2) is 30.6 Å². The van der Waals surface area contributed by atoms with Crippen molar-refractivity contribution in [3.8, 4) is 5.75 Å². The zero-order valence-corrected chi connectivity index (χ0v) is 30.6. The zero-order valence-electron chi connectivity index (χ0n) is 30.6. The van der Waals surface area contributed by atoms with E-state index in [0.29, 0.717) is 35.8 Å². The van der Waals surface area contributed by atoms with Crippen molar-refractivity contribution in [2.45, 2.75) is 152 Å². The molecule has 5 fully saturated rings. The lowest BCUT2D eigenvalue weighted by Crippen LogP contribution is -2.63. The van der Waals surface area contributed by atoms with Gasteiger partial charge in [0.05, 0.1) is 43.4 Å². The number of rotatable bonds is 7. The van der Waals surface area contributed by atoms with Gasteiger partial charge in [0, 0.05) is 0 Å². The van der Waals surface area contributed by atoms with Gasteiger partial charge in [-0.25, -0.2) is 4.98 Å². The molecule has 5 N–H and O–H groups in total. The van der Waals surface area contributed by atoms with E-state index in [1.807, 2.05) is 0 Å². The predicted molar refractivity (Wildman–Crippen MR) is 191 cm³/mol. The standard InChI is InChI=1S/C41H56F3N3O6/c1-40-17-16-29-28-13-11-27(18-25(28)8-12-30(29)31(40)14-15-34(40)49)52-26-9-6-23(7-10-26)22-2-4-24(5-3-22)39-36(38(51)37(50)32(21-48)53-39)47-35-20-45-19-33(46-35)41(42,43)44/h11,13,18-20,22-24,26,29-32,34,36-39,48-51H,2-10,12,14-17,21H2,1H3,(H,46,47)/t22?,23?,24?,26?,29-,30-,31+,32-,34+,36-,37+,38-,39?,40+/m1/s1. The van der Waals surface area contributed by atoms with Gasteiger partial charge < -0.3 is 35.2 Å². The molecule has 0 bridgehead atoms. The average molecular weight is 744 g/mol. The van der Waals surface area contributed by atoms with Crippen molar-refractivity contribution in [3.63, 3.8) is 0 Å². The molecule has 1 aromatic carbocycles. The molecule has 12 heteroatoms. The maximum atomic E-state index is 13.3. The molecule has 0 amide bonds. The minimum atomic E-state index is -4.68. The van der Waals surface area contributed by atoms with E-state index in [-0.39, 0.29) is 29.4 Å². The molecule has 10 atom stereocenters. The molecular weight excluding hydrogens is 687 g/mol. The number of aromatic nitrogens is 2. The van der Waals surface area contributed by atoms with E-state index in [4.69, 9.17) is 9.47 Å². The van der Waals surface area contributed by atoms with Gasteiger partial charge in [0.2, 0.25) is 0 Å². The summed E-state index contributed by atoms with van der Waals surface area (Å²) in [4.78, 5) is 7.33. The molecule has 9 nitrogen and oxygen atoms in total. The van der Waals surface area contributed by atoms with Crippen LogP contribution in [0.4, 0.5) is 19.0 Å². The smallest absolute Gasteiger partial charge is 0.434 e. The first-order valence-corrected chi connectivity index (χ1v) is 20.2. The third kappa shape index (κ3) is 7.20. The molecule has 2 aromatic rings. The number of benzene rings is 1. The van der Waals surface area contributed by atoms with Gasteiger partial charge in [-0.2, -0.15) is 13.2 Å². The molecule has 4 saturated carbocycles. The van der Waals surface area contributed by atoms with Crippen molar-refractivity contribution in [1.82, 2.24) is 9.97 Å². The molecular formula is C41H56F3N3O6. The van der Waals surface area contributed by atoms with Crippen molar-refractivity contribution in [2.24, 2.45) is 35.0 Å². The lowest BCUT2D eigenvalue weighted by Gasteiger charge is -2.50. The number of aliphatic hydroxyl groups is 4. The van der Waals surface area contributed by atoms with Crippen molar-refractivity contribution >= 4 is 5.82 Å². The first-order valence-electron chi connectivity index (χ1n) is 20.2. The molecule has 6 aliphatic rings. The van der Waals surface area contributed by atoms with Crippen LogP contribution in [0.1, 0.15) is 113 Å². The summed E-state index contributed by atoms with van der Waals surface area (Å²) in [6.45, 7) is 1.85. The van der Waals surface area contributed by atoms with Crippen LogP contribution < -0.4 is 10.1 Å². The molecule has 1 aromatic heterocycles. The minimum absolute atomic E-state index is 0.0134. The van der Waals surface area contributed by atoms with E-state index in [9.17, 15) is 33.6 Å². The summed E-state index contributed by atoms with van der Waals surface area (Å²) in [6.07, 6.45) is 7.31. The molecule has 2 heterocycles. The third-order valence-electron chi connectivity index (χ3n) is 14.8. The second-order valence-corrected chi connectivity index (χ2v) is 17.5. The van der Waals surface area contributed by atoms with Crippen molar-refractivity contribution in [1.29, 1.82) is 0 Å². The highest BCUT2D eigenvalue weighted by molar-refractivity contribution is 5.41. The molecule has 1 aliphatic heterocycles. The Morgan fingerprint density at radius 3 is 2.32 bits per heavy atom. The maximum Gasteiger partial charge on any atom is 0.434 e. The number of hydrogen-bond donors (Lipinski definition) is 5. The van der Waals surface area contributed by atoms with Gasteiger partial charge in [0.15, 0.2) is 5.69 Å². The molecule has 8 rings (SSSR count). The molecule has 292 valence electrons. The number of aliphatic hydroxyl groups excluding tert-OH is 4. The average Bonchev–Trinajstić information content (AvgIpc) is 3.47. The number of hydrogen-bond acceptors (Lipinski definition) is 9. The SMILES string of the molecule is C[C@]12CC[C@@H]3c4ccc(OC5CCC(C6CCC(C7O[C@H](CO)[C@H](O)[C@H](O)[C@H]7Nc7cncc(C(F)(F)F)n7)CC6)CC5)cc4CC[C@H]3[C@@H]1CC[C@@H]2O. The number of aryl methyl sites for hydroxylation is 1. The van der Waals surface area contributed by atoms with E-state index >= 15 is 0 Å². The van der Waals surface area contributed by atoms with Gasteiger partial charge in [0.1, 0.15) is 29.9 Å². The normalized spacial score (nSPS) is 41.5. The second-order valence-electron chi connectivity index (χ2n) is 17.5. The molecule has 1 unspecified atom stereocenters. The fraction of sp³-hybridized carbons (Fsp3) is 0.756. The number of alkyl halides is 3. The van der Waals surface area contributed by atoms with Crippen LogP contribution in [0.3, 0.4) is 0 Å². The fourth-order valence-corrected chi connectivity index (χ4v) is 11.9. The summed E-state index contributed by atoms with van der Waals surface area (Å²) in [7, 11) is 0. The Morgan fingerprint density at radius 1 is 0.887 bits per heavy atom. The summed E-state index contributed by atoms with van der Waals surface area (Å²) in [6, 6.07) is 5.91. The number of nitrogens with one attached hydrogen (secondary N) is 1. The van der Waals surface area contributed by atoms with Gasteiger partial charge in [-0.1, -0.05) is 13.0 Å². The Kier molecular flexibility index (Phi) is 10.5. The largest absolute Gasteiger partial charge is 0.490 e. The number of anilines is 1. The summed E-state index contributed by atoms with van der Waals surface area (Å²) >= 11 is 0. The second kappa shape index (κ2) is 14.9. The van der Waals surface area contributed by atoms with Crippen LogP contribution in [-0.4, -0.2) is 79.7 Å². The summed E-state index contributed by atoms with van der Waals surface area (Å²) in [5.41, 5.74) is 1.90. The Balaban J connectivity index is 0.846. The topological polar surface area (TPSA) is 137 Å². The van der Waals surface area contributed by atoms with Crippen LogP contribution in [-0.2, 0) is 17.3 Å². The molecule has 5 aliphatic carbocycles. The quantitative estimate of drug-likeness (QED) is 0.218.